The summed E-state index contributed by atoms with van der Waals surface area (Å²) in [5, 5.41) is 4.94. The van der Waals surface area contributed by atoms with Crippen molar-refractivity contribution in [2.75, 3.05) is 39.3 Å². The van der Waals surface area contributed by atoms with Crippen molar-refractivity contribution in [3.8, 4) is 0 Å². The molecule has 2 heterocycles. The summed E-state index contributed by atoms with van der Waals surface area (Å²) < 4.78 is 0. The van der Waals surface area contributed by atoms with Crippen LogP contribution in [0.3, 0.4) is 0 Å². The Balaban J connectivity index is 1.25. The van der Waals surface area contributed by atoms with E-state index in [2.05, 4.69) is 45.4 Å². The Morgan fingerprint density at radius 1 is 0.960 bits per heavy atom. The molecule has 1 aliphatic rings. The largest absolute Gasteiger partial charge is 0.351 e. The molecule has 25 heavy (non-hydrogen) atoms. The maximum Gasteiger partial charge on any atom is 0.261 e. The Kier molecular flexibility index (Phi) is 7.03. The lowest BCUT2D eigenvalue weighted by molar-refractivity contribution is 0.0955. The molecule has 1 aliphatic heterocycles. The van der Waals surface area contributed by atoms with Crippen LogP contribution in [0.25, 0.3) is 0 Å². The molecule has 1 fully saturated rings. The number of piperazine rings is 1. The number of carbonyl (C=O) groups is 1. The SMILES string of the molecule is O=C(NCCCCN1CCN(Cc2ccccc2)CC1)c1cccs1. The van der Waals surface area contributed by atoms with E-state index in [0.717, 1.165) is 63.5 Å². The van der Waals surface area contributed by atoms with E-state index in [4.69, 9.17) is 0 Å². The lowest BCUT2D eigenvalue weighted by atomic mass is 10.2. The lowest BCUT2D eigenvalue weighted by Gasteiger charge is -2.34. The molecule has 0 aliphatic carbocycles. The topological polar surface area (TPSA) is 35.6 Å². The standard InChI is InChI=1S/C20H27N3OS/c24-20(19-9-6-16-25-19)21-10-4-5-11-22-12-14-23(15-13-22)17-18-7-2-1-3-8-18/h1-3,6-9,16H,4-5,10-15,17H2,(H,21,24). The fraction of sp³-hybridized carbons (Fsp3) is 0.450. The van der Waals surface area contributed by atoms with Gasteiger partial charge >= 0.3 is 0 Å². The number of hydrogen-bond acceptors (Lipinski definition) is 4. The molecule has 0 atom stereocenters. The Morgan fingerprint density at radius 2 is 1.72 bits per heavy atom. The van der Waals surface area contributed by atoms with Gasteiger partial charge in [-0.1, -0.05) is 36.4 Å². The van der Waals surface area contributed by atoms with E-state index in [0.29, 0.717) is 0 Å². The third kappa shape index (κ3) is 5.96. The van der Waals surface area contributed by atoms with Crippen LogP contribution in [-0.4, -0.2) is 55.0 Å². The van der Waals surface area contributed by atoms with Crippen LogP contribution in [0.15, 0.2) is 47.8 Å². The van der Waals surface area contributed by atoms with E-state index < -0.39 is 0 Å². The summed E-state index contributed by atoms with van der Waals surface area (Å²) in [4.78, 5) is 17.7. The van der Waals surface area contributed by atoms with Gasteiger partial charge in [0.25, 0.3) is 5.91 Å². The molecule has 0 radical (unpaired) electrons. The summed E-state index contributed by atoms with van der Waals surface area (Å²) in [6.45, 7) is 7.54. The van der Waals surface area contributed by atoms with Crippen molar-refractivity contribution in [3.63, 3.8) is 0 Å². The molecule has 0 spiro atoms. The second-order valence-electron chi connectivity index (χ2n) is 6.54. The monoisotopic (exact) mass is 357 g/mol. The second-order valence-corrected chi connectivity index (χ2v) is 7.49. The quantitative estimate of drug-likeness (QED) is 0.738. The maximum absolute atomic E-state index is 11.8. The summed E-state index contributed by atoms with van der Waals surface area (Å²) >= 11 is 1.49. The van der Waals surface area contributed by atoms with Crippen LogP contribution < -0.4 is 5.32 Å². The lowest BCUT2D eigenvalue weighted by Crippen LogP contribution is -2.46. The summed E-state index contributed by atoms with van der Waals surface area (Å²) in [6, 6.07) is 14.5. The van der Waals surface area contributed by atoms with E-state index in [1.807, 2.05) is 17.5 Å². The number of nitrogens with one attached hydrogen (secondary N) is 1. The van der Waals surface area contributed by atoms with Gasteiger partial charge in [0.2, 0.25) is 0 Å². The fourth-order valence-electron chi connectivity index (χ4n) is 3.17. The predicted octanol–water partition coefficient (Wildman–Crippen LogP) is 3.08. The molecule has 1 amide bonds. The van der Waals surface area contributed by atoms with Crippen LogP contribution >= 0.6 is 11.3 Å². The van der Waals surface area contributed by atoms with Crippen molar-refractivity contribution >= 4 is 17.2 Å². The number of unbranched alkanes of at least 4 members (excludes halogenated alkanes) is 1. The van der Waals surface area contributed by atoms with Crippen LogP contribution in [0.1, 0.15) is 28.1 Å². The molecule has 1 aromatic carbocycles. The second kappa shape index (κ2) is 9.70. The highest BCUT2D eigenvalue weighted by Gasteiger charge is 2.16. The molecule has 2 aromatic rings. The highest BCUT2D eigenvalue weighted by molar-refractivity contribution is 7.12. The number of nitrogens with zero attached hydrogens (tertiary/aromatic N) is 2. The first kappa shape index (κ1) is 18.1. The molecule has 1 aromatic heterocycles. The maximum atomic E-state index is 11.8. The van der Waals surface area contributed by atoms with Crippen molar-refractivity contribution in [1.29, 1.82) is 0 Å². The number of benzene rings is 1. The van der Waals surface area contributed by atoms with Gasteiger partial charge in [-0.15, -0.1) is 11.3 Å². The van der Waals surface area contributed by atoms with Crippen LogP contribution in [0.4, 0.5) is 0 Å². The summed E-state index contributed by atoms with van der Waals surface area (Å²) in [6.07, 6.45) is 2.19. The van der Waals surface area contributed by atoms with Gasteiger partial charge < -0.3 is 10.2 Å². The molecule has 0 saturated carbocycles. The van der Waals surface area contributed by atoms with Crippen molar-refractivity contribution in [3.05, 3.63) is 58.3 Å². The zero-order valence-corrected chi connectivity index (χ0v) is 15.5. The fourth-order valence-corrected chi connectivity index (χ4v) is 3.81. The molecule has 3 rings (SSSR count). The zero-order chi connectivity index (χ0) is 17.3. The van der Waals surface area contributed by atoms with Crippen molar-refractivity contribution in [2.24, 2.45) is 0 Å². The normalized spacial score (nSPS) is 16.0. The number of hydrogen-bond donors (Lipinski definition) is 1. The number of carbonyl (C=O) groups excluding carboxylic acids is 1. The zero-order valence-electron chi connectivity index (χ0n) is 14.7. The first-order chi connectivity index (χ1) is 12.3. The Labute approximate surface area is 154 Å². The van der Waals surface area contributed by atoms with Crippen LogP contribution in [0, 0.1) is 0 Å². The van der Waals surface area contributed by atoms with Gasteiger partial charge in [0.1, 0.15) is 0 Å². The van der Waals surface area contributed by atoms with Gasteiger partial charge in [-0.25, -0.2) is 0 Å². The van der Waals surface area contributed by atoms with Crippen LogP contribution in [0.2, 0.25) is 0 Å². The number of amides is 1. The average Bonchev–Trinajstić information content (AvgIpc) is 3.18. The minimum atomic E-state index is 0.0597. The highest BCUT2D eigenvalue weighted by Crippen LogP contribution is 2.10. The van der Waals surface area contributed by atoms with Crippen molar-refractivity contribution in [2.45, 2.75) is 19.4 Å². The molecule has 5 heteroatoms. The number of thiophene rings is 1. The van der Waals surface area contributed by atoms with Gasteiger partial charge in [0.15, 0.2) is 0 Å². The molecule has 0 bridgehead atoms. The summed E-state index contributed by atoms with van der Waals surface area (Å²) in [5.41, 5.74) is 1.40. The first-order valence-electron chi connectivity index (χ1n) is 9.11. The van der Waals surface area contributed by atoms with E-state index in [9.17, 15) is 4.79 Å². The van der Waals surface area contributed by atoms with Crippen LogP contribution in [-0.2, 0) is 6.54 Å². The van der Waals surface area contributed by atoms with E-state index in [1.54, 1.807) is 0 Å². The van der Waals surface area contributed by atoms with Crippen molar-refractivity contribution < 1.29 is 4.79 Å². The Bertz CT molecular complexity index is 622. The summed E-state index contributed by atoms with van der Waals surface area (Å²) in [7, 11) is 0. The van der Waals surface area contributed by atoms with E-state index >= 15 is 0 Å². The number of rotatable bonds is 8. The Morgan fingerprint density at radius 3 is 2.44 bits per heavy atom. The van der Waals surface area contributed by atoms with Gasteiger partial charge in [0.05, 0.1) is 4.88 Å². The molecule has 0 unspecified atom stereocenters. The first-order valence-corrected chi connectivity index (χ1v) is 9.99. The minimum absolute atomic E-state index is 0.0597. The van der Waals surface area contributed by atoms with Gasteiger partial charge in [-0.2, -0.15) is 0 Å². The predicted molar refractivity (Wildman–Crippen MR) is 104 cm³/mol. The van der Waals surface area contributed by atoms with E-state index in [1.165, 1.54) is 16.9 Å². The molecule has 4 nitrogen and oxygen atoms in total. The smallest absolute Gasteiger partial charge is 0.261 e. The molecule has 1 N–H and O–H groups in total. The average molecular weight is 358 g/mol. The Hall–Kier alpha value is -1.69. The van der Waals surface area contributed by atoms with E-state index in [-0.39, 0.29) is 5.91 Å². The molecular formula is C20H27N3OS. The van der Waals surface area contributed by atoms with Gasteiger partial charge in [0, 0.05) is 39.3 Å². The minimum Gasteiger partial charge on any atom is -0.351 e. The third-order valence-corrected chi connectivity index (χ3v) is 5.51. The molecule has 1 saturated heterocycles. The summed E-state index contributed by atoms with van der Waals surface area (Å²) in [5.74, 6) is 0.0597. The molecular weight excluding hydrogens is 330 g/mol. The third-order valence-electron chi connectivity index (χ3n) is 4.65. The van der Waals surface area contributed by atoms with Crippen molar-refractivity contribution in [1.82, 2.24) is 15.1 Å². The van der Waals surface area contributed by atoms with Gasteiger partial charge in [-0.05, 0) is 36.4 Å². The van der Waals surface area contributed by atoms with Crippen LogP contribution in [0.5, 0.6) is 0 Å². The molecule has 134 valence electrons. The van der Waals surface area contributed by atoms with Gasteiger partial charge in [-0.3, -0.25) is 9.69 Å². The highest BCUT2D eigenvalue weighted by atomic mass is 32.1.